The molecule has 1 amide bonds. The molecule has 5 heteroatoms. The predicted molar refractivity (Wildman–Crippen MR) is 57.6 cm³/mol. The number of hydrogen-bond acceptors (Lipinski definition) is 3. The van der Waals surface area contributed by atoms with E-state index in [1.165, 1.54) is 0 Å². The van der Waals surface area contributed by atoms with Gasteiger partial charge >= 0.3 is 6.09 Å². The summed E-state index contributed by atoms with van der Waals surface area (Å²) in [5.74, 6) is 2.72. The van der Waals surface area contributed by atoms with Crippen molar-refractivity contribution in [1.82, 2.24) is 5.32 Å². The summed E-state index contributed by atoms with van der Waals surface area (Å²) in [6, 6.07) is 0. The third kappa shape index (κ3) is 9.27. The van der Waals surface area contributed by atoms with E-state index in [0.29, 0.717) is 13.2 Å². The highest BCUT2D eigenvalue weighted by molar-refractivity contribution is 14.1. The number of carbonyl (C=O) groups excluding carboxylic acids is 1. The maximum Gasteiger partial charge on any atom is 0.407 e. The molecular formula is C8H12INO3. The molecule has 0 aromatic heterocycles. The molecule has 0 radical (unpaired) electrons. The molecule has 1 N–H and O–H groups in total. The van der Waals surface area contributed by atoms with E-state index in [4.69, 9.17) is 9.47 Å². The van der Waals surface area contributed by atoms with Crippen molar-refractivity contribution in [3.63, 3.8) is 0 Å². The van der Waals surface area contributed by atoms with Gasteiger partial charge in [-0.05, 0) is 12.8 Å². The molecule has 0 aliphatic rings. The zero-order valence-electron chi connectivity index (χ0n) is 7.43. The van der Waals surface area contributed by atoms with Crippen LogP contribution in [0.25, 0.3) is 0 Å². The van der Waals surface area contributed by atoms with Gasteiger partial charge in [0, 0.05) is 6.54 Å². The number of rotatable bonds is 4. The zero-order valence-corrected chi connectivity index (χ0v) is 9.59. The van der Waals surface area contributed by atoms with Gasteiger partial charge in [-0.2, -0.15) is 0 Å². The number of ether oxygens (including phenoxy) is 2. The van der Waals surface area contributed by atoms with E-state index < -0.39 is 6.09 Å². The van der Waals surface area contributed by atoms with Crippen LogP contribution in [0, 0.1) is 12.0 Å². The number of alkyl halides is 1. The fourth-order valence-corrected chi connectivity index (χ4v) is 0.656. The molecule has 13 heavy (non-hydrogen) atoms. The number of amides is 1. The van der Waals surface area contributed by atoms with E-state index in [0.717, 1.165) is 4.43 Å². The highest BCUT2D eigenvalue weighted by atomic mass is 127. The molecule has 0 saturated carbocycles. The first-order valence-corrected chi connectivity index (χ1v) is 5.40. The largest absolute Gasteiger partial charge is 0.446 e. The molecule has 0 aromatic rings. The average molecular weight is 297 g/mol. The van der Waals surface area contributed by atoms with Crippen molar-refractivity contribution >= 4 is 28.7 Å². The van der Waals surface area contributed by atoms with Gasteiger partial charge in [0.2, 0.25) is 0 Å². The van der Waals surface area contributed by atoms with Gasteiger partial charge in [0.05, 0.1) is 4.43 Å². The number of alkyl carbamates (subject to hydrolysis) is 1. The van der Waals surface area contributed by atoms with E-state index in [1.807, 2.05) is 6.92 Å². The van der Waals surface area contributed by atoms with Crippen LogP contribution in [0.5, 0.6) is 0 Å². The Morgan fingerprint density at radius 3 is 2.92 bits per heavy atom. The standard InChI is InChI=1S/C8H12INO3/c1-2-10-8(11)13-7-6-12-5-3-4-9/h2,4,6-7H2,1H3,(H,10,11). The molecule has 0 atom stereocenters. The van der Waals surface area contributed by atoms with E-state index >= 15 is 0 Å². The summed E-state index contributed by atoms with van der Waals surface area (Å²) in [6.45, 7) is 2.92. The fraction of sp³-hybridized carbons (Fsp3) is 0.625. The lowest BCUT2D eigenvalue weighted by Crippen LogP contribution is -2.24. The van der Waals surface area contributed by atoms with Crippen LogP contribution >= 0.6 is 22.6 Å². The topological polar surface area (TPSA) is 47.6 Å². The minimum absolute atomic E-state index is 0.224. The predicted octanol–water partition coefficient (Wildman–Crippen LogP) is 1.15. The molecule has 0 unspecified atom stereocenters. The normalized spacial score (nSPS) is 8.15. The van der Waals surface area contributed by atoms with Crippen LogP contribution in [-0.4, -0.2) is 30.3 Å². The molecule has 0 fully saturated rings. The second-order valence-electron chi connectivity index (χ2n) is 1.93. The summed E-state index contributed by atoms with van der Waals surface area (Å²) >= 11 is 2.12. The first kappa shape index (κ1) is 12.4. The minimum Gasteiger partial charge on any atom is -0.446 e. The first-order chi connectivity index (χ1) is 6.31. The quantitative estimate of drug-likeness (QED) is 0.366. The molecule has 0 saturated heterocycles. The molecule has 0 aliphatic heterocycles. The summed E-state index contributed by atoms with van der Waals surface area (Å²) in [5, 5.41) is 2.49. The molecule has 0 heterocycles. The van der Waals surface area contributed by atoms with Gasteiger partial charge in [-0.3, -0.25) is 0 Å². The van der Waals surface area contributed by atoms with Gasteiger partial charge in [0.25, 0.3) is 0 Å². The van der Waals surface area contributed by atoms with Gasteiger partial charge in [0.1, 0.15) is 19.3 Å². The Bertz CT molecular complexity index is 197. The number of nitrogens with one attached hydrogen (secondary N) is 1. The molecule has 4 nitrogen and oxygen atoms in total. The van der Waals surface area contributed by atoms with Crippen molar-refractivity contribution < 1.29 is 14.3 Å². The molecule has 0 rings (SSSR count). The summed E-state index contributed by atoms with van der Waals surface area (Å²) in [5.41, 5.74) is 0. The molecule has 0 bridgehead atoms. The van der Waals surface area contributed by atoms with Crippen molar-refractivity contribution in [3.05, 3.63) is 0 Å². The zero-order chi connectivity index (χ0) is 9.94. The van der Waals surface area contributed by atoms with Crippen molar-refractivity contribution in [1.29, 1.82) is 0 Å². The van der Waals surface area contributed by atoms with Crippen LogP contribution in [0.2, 0.25) is 0 Å². The smallest absolute Gasteiger partial charge is 0.407 e. The first-order valence-electron chi connectivity index (χ1n) is 3.87. The van der Waals surface area contributed by atoms with E-state index in [2.05, 4.69) is 39.9 Å². The summed E-state index contributed by atoms with van der Waals surface area (Å²) < 4.78 is 10.3. The third-order valence-electron chi connectivity index (χ3n) is 0.951. The summed E-state index contributed by atoms with van der Waals surface area (Å²) in [6.07, 6.45) is 2.05. The lowest BCUT2D eigenvalue weighted by Gasteiger charge is -2.03. The Morgan fingerprint density at radius 2 is 2.31 bits per heavy atom. The van der Waals surface area contributed by atoms with Crippen molar-refractivity contribution in [2.45, 2.75) is 6.92 Å². The fourth-order valence-electron chi connectivity index (χ4n) is 0.501. The van der Waals surface area contributed by atoms with Gasteiger partial charge in [-0.1, -0.05) is 22.6 Å². The van der Waals surface area contributed by atoms with Crippen LogP contribution in [0.1, 0.15) is 6.92 Å². The van der Waals surface area contributed by atoms with Crippen molar-refractivity contribution in [2.75, 3.05) is 24.2 Å². The van der Waals surface area contributed by atoms with Crippen molar-refractivity contribution in [3.8, 4) is 12.0 Å². The van der Waals surface area contributed by atoms with Crippen LogP contribution in [0.15, 0.2) is 0 Å². The number of halogens is 1. The molecule has 74 valence electrons. The van der Waals surface area contributed by atoms with Gasteiger partial charge in [0.15, 0.2) is 0 Å². The van der Waals surface area contributed by atoms with E-state index in [-0.39, 0.29) is 6.61 Å². The lowest BCUT2D eigenvalue weighted by atomic mass is 10.7. The van der Waals surface area contributed by atoms with Crippen LogP contribution in [0.3, 0.4) is 0 Å². The number of hydrogen-bond donors (Lipinski definition) is 1. The van der Waals surface area contributed by atoms with Crippen LogP contribution in [-0.2, 0) is 9.47 Å². The van der Waals surface area contributed by atoms with E-state index in [9.17, 15) is 4.79 Å². The maximum atomic E-state index is 10.7. The van der Waals surface area contributed by atoms with Crippen molar-refractivity contribution in [2.24, 2.45) is 0 Å². The Hall–Kier alpha value is -0.640. The third-order valence-corrected chi connectivity index (χ3v) is 1.33. The number of carbonyl (C=O) groups is 1. The average Bonchev–Trinajstić information content (AvgIpc) is 2.11. The Kier molecular flexibility index (Phi) is 8.98. The molecule has 0 spiro atoms. The van der Waals surface area contributed by atoms with E-state index in [1.54, 1.807) is 0 Å². The second kappa shape index (κ2) is 9.45. The maximum absolute atomic E-state index is 10.7. The van der Waals surface area contributed by atoms with Crippen LogP contribution in [0.4, 0.5) is 4.79 Å². The SMILES string of the molecule is CCNC(=O)OCCOC#CCI. The second-order valence-corrected chi connectivity index (χ2v) is 2.69. The molecular weight excluding hydrogens is 285 g/mol. The molecule has 0 aromatic carbocycles. The molecule has 0 aliphatic carbocycles. The van der Waals surface area contributed by atoms with Gasteiger partial charge in [-0.25, -0.2) is 4.79 Å². The van der Waals surface area contributed by atoms with Crippen LogP contribution < -0.4 is 5.32 Å². The highest BCUT2D eigenvalue weighted by Crippen LogP contribution is 1.80. The highest BCUT2D eigenvalue weighted by Gasteiger charge is 1.96. The van der Waals surface area contributed by atoms with Gasteiger partial charge < -0.3 is 14.8 Å². The Labute approximate surface area is 91.5 Å². The summed E-state index contributed by atoms with van der Waals surface area (Å²) in [4.78, 5) is 10.7. The monoisotopic (exact) mass is 297 g/mol. The Morgan fingerprint density at radius 1 is 1.54 bits per heavy atom. The lowest BCUT2D eigenvalue weighted by molar-refractivity contribution is 0.118. The Balaban J connectivity index is 3.20. The minimum atomic E-state index is -0.423. The summed E-state index contributed by atoms with van der Waals surface area (Å²) in [7, 11) is 0. The van der Waals surface area contributed by atoms with Gasteiger partial charge in [-0.15, -0.1) is 0 Å².